The van der Waals surface area contributed by atoms with E-state index in [0.29, 0.717) is 18.1 Å². The lowest BCUT2D eigenvalue weighted by Crippen LogP contribution is -2.37. The largest absolute Gasteiger partial charge is 0.392 e. The van der Waals surface area contributed by atoms with E-state index in [1.165, 1.54) is 10.3 Å². The number of ketones is 1. The molecule has 0 saturated carbocycles. The highest BCUT2D eigenvalue weighted by atomic mass is 16.3. The van der Waals surface area contributed by atoms with E-state index in [-0.39, 0.29) is 17.9 Å². The summed E-state index contributed by atoms with van der Waals surface area (Å²) in [5.41, 5.74) is 7.24. The molecule has 1 aromatic carbocycles. The van der Waals surface area contributed by atoms with Crippen LogP contribution in [0.4, 0.5) is 17.2 Å². The highest BCUT2D eigenvalue weighted by Crippen LogP contribution is 2.41. The van der Waals surface area contributed by atoms with Gasteiger partial charge in [-0.1, -0.05) is 12.1 Å². The number of Topliss-reactive ketones (excluding diaryl/α,β-unsaturated/α-hetero) is 1. The topological polar surface area (TPSA) is 106 Å². The third-order valence-electron chi connectivity index (χ3n) is 7.49. The summed E-state index contributed by atoms with van der Waals surface area (Å²) in [4.78, 5) is 30.3. The zero-order chi connectivity index (χ0) is 25.7. The summed E-state index contributed by atoms with van der Waals surface area (Å²) in [6.45, 7) is 3.16. The molecule has 3 N–H and O–H groups in total. The number of pyridine rings is 1. The fourth-order valence-corrected chi connectivity index (χ4v) is 5.70. The van der Waals surface area contributed by atoms with Crippen LogP contribution in [-0.4, -0.2) is 43.6 Å². The molecular weight excluding hydrogens is 468 g/mol. The van der Waals surface area contributed by atoms with Crippen molar-refractivity contribution in [2.75, 3.05) is 23.3 Å². The highest BCUT2D eigenvalue weighted by Gasteiger charge is 2.38. The van der Waals surface area contributed by atoms with Crippen molar-refractivity contribution in [3.8, 4) is 11.1 Å². The maximum absolute atomic E-state index is 13.2. The number of rotatable bonds is 5. The van der Waals surface area contributed by atoms with Crippen molar-refractivity contribution in [1.29, 1.82) is 0 Å². The predicted octanol–water partition coefficient (Wildman–Crippen LogP) is 3.69. The van der Waals surface area contributed by atoms with Gasteiger partial charge in [-0.2, -0.15) is 5.10 Å². The number of carbonyl (C=O) groups excluding carboxylic acids is 1. The SMILES string of the molecule is Cc1cc(Nc2cc(-c3cccc(N4C=C5C(=O)C6=C(CCCC6)N5CC4)c3CO)cn(C)c2=O)n[nH]1. The molecule has 0 spiro atoms. The maximum atomic E-state index is 13.2. The minimum Gasteiger partial charge on any atom is -0.392 e. The van der Waals surface area contributed by atoms with Crippen LogP contribution in [0.15, 0.2) is 64.5 Å². The molecular formula is C28H30N6O3. The van der Waals surface area contributed by atoms with E-state index in [9.17, 15) is 14.7 Å². The van der Waals surface area contributed by atoms with Gasteiger partial charge in [0.1, 0.15) is 11.4 Å². The van der Waals surface area contributed by atoms with Gasteiger partial charge in [-0.15, -0.1) is 0 Å². The molecule has 0 fully saturated rings. The van der Waals surface area contributed by atoms with Gasteiger partial charge in [-0.25, -0.2) is 0 Å². The molecule has 0 saturated heterocycles. The van der Waals surface area contributed by atoms with Crippen molar-refractivity contribution in [3.05, 3.63) is 81.3 Å². The van der Waals surface area contributed by atoms with E-state index in [1.807, 2.05) is 37.4 Å². The summed E-state index contributed by atoms with van der Waals surface area (Å²) in [7, 11) is 1.71. The average molecular weight is 499 g/mol. The number of aliphatic hydroxyl groups is 1. The molecule has 0 unspecified atom stereocenters. The lowest BCUT2D eigenvalue weighted by molar-refractivity contribution is -0.112. The second kappa shape index (κ2) is 9.08. The Morgan fingerprint density at radius 2 is 1.97 bits per heavy atom. The van der Waals surface area contributed by atoms with E-state index in [0.717, 1.165) is 71.6 Å². The number of H-pyrrole nitrogens is 1. The van der Waals surface area contributed by atoms with Crippen molar-refractivity contribution in [2.45, 2.75) is 39.2 Å². The normalized spacial score (nSPS) is 17.2. The van der Waals surface area contributed by atoms with Crippen molar-refractivity contribution in [3.63, 3.8) is 0 Å². The van der Waals surface area contributed by atoms with Gasteiger partial charge < -0.3 is 24.8 Å². The summed E-state index contributed by atoms with van der Waals surface area (Å²) >= 11 is 0. The maximum Gasteiger partial charge on any atom is 0.274 e. The van der Waals surface area contributed by atoms with Gasteiger partial charge in [0.05, 0.1) is 6.61 Å². The van der Waals surface area contributed by atoms with Crippen molar-refractivity contribution < 1.29 is 9.90 Å². The molecule has 4 heterocycles. The van der Waals surface area contributed by atoms with Gasteiger partial charge >= 0.3 is 0 Å². The molecule has 6 rings (SSSR count). The highest BCUT2D eigenvalue weighted by molar-refractivity contribution is 6.11. The summed E-state index contributed by atoms with van der Waals surface area (Å²) in [5, 5.41) is 20.7. The summed E-state index contributed by atoms with van der Waals surface area (Å²) < 4.78 is 1.53. The van der Waals surface area contributed by atoms with Gasteiger partial charge in [-0.05, 0) is 50.3 Å². The zero-order valence-electron chi connectivity index (χ0n) is 21.0. The molecule has 0 bridgehead atoms. The van der Waals surface area contributed by atoms with E-state index < -0.39 is 0 Å². The molecule has 0 amide bonds. The number of aromatic amines is 1. The number of nitrogens with zero attached hydrogens (tertiary/aromatic N) is 4. The van der Waals surface area contributed by atoms with Gasteiger partial charge in [0.25, 0.3) is 5.56 Å². The molecule has 37 heavy (non-hydrogen) atoms. The van der Waals surface area contributed by atoms with E-state index >= 15 is 0 Å². The summed E-state index contributed by atoms with van der Waals surface area (Å²) in [6, 6.07) is 9.49. The zero-order valence-corrected chi connectivity index (χ0v) is 21.0. The third-order valence-corrected chi connectivity index (χ3v) is 7.49. The average Bonchev–Trinajstić information content (AvgIpc) is 3.46. The van der Waals surface area contributed by atoms with Crippen LogP contribution < -0.4 is 15.8 Å². The molecule has 190 valence electrons. The first kappa shape index (κ1) is 23.3. The Hall–Kier alpha value is -4.11. The van der Waals surface area contributed by atoms with Gasteiger partial charge in [0, 0.05) is 72.4 Å². The van der Waals surface area contributed by atoms with Crippen molar-refractivity contribution in [2.24, 2.45) is 7.05 Å². The number of aryl methyl sites for hydroxylation is 2. The van der Waals surface area contributed by atoms with Crippen LogP contribution >= 0.6 is 0 Å². The Bertz CT molecular complexity index is 1530. The number of carbonyl (C=O) groups is 1. The Kier molecular flexibility index (Phi) is 5.72. The van der Waals surface area contributed by atoms with E-state index in [4.69, 9.17) is 0 Å². The lowest BCUT2D eigenvalue weighted by Gasteiger charge is -2.35. The number of hydrogen-bond acceptors (Lipinski definition) is 7. The summed E-state index contributed by atoms with van der Waals surface area (Å²) in [6.07, 6.45) is 7.75. The number of nitrogens with one attached hydrogen (secondary N) is 2. The number of fused-ring (bicyclic) bond motifs is 2. The van der Waals surface area contributed by atoms with E-state index in [1.54, 1.807) is 19.3 Å². The molecule has 9 heteroatoms. The van der Waals surface area contributed by atoms with Crippen LogP contribution in [0.25, 0.3) is 11.1 Å². The smallest absolute Gasteiger partial charge is 0.274 e. The Morgan fingerprint density at radius 1 is 1.14 bits per heavy atom. The first-order chi connectivity index (χ1) is 17.9. The van der Waals surface area contributed by atoms with Crippen LogP contribution in [0.1, 0.15) is 36.9 Å². The molecule has 3 aliphatic rings. The lowest BCUT2D eigenvalue weighted by atomic mass is 9.96. The van der Waals surface area contributed by atoms with Gasteiger partial charge in [-0.3, -0.25) is 14.7 Å². The minimum absolute atomic E-state index is 0.142. The fourth-order valence-electron chi connectivity index (χ4n) is 5.70. The molecule has 0 atom stereocenters. The Balaban J connectivity index is 1.38. The first-order valence-electron chi connectivity index (χ1n) is 12.7. The Morgan fingerprint density at radius 3 is 2.76 bits per heavy atom. The second-order valence-corrected chi connectivity index (χ2v) is 9.90. The summed E-state index contributed by atoms with van der Waals surface area (Å²) in [5.74, 6) is 0.702. The number of benzene rings is 1. The molecule has 2 aromatic heterocycles. The fraction of sp³-hybridized carbons (Fsp3) is 0.321. The van der Waals surface area contributed by atoms with Crippen molar-refractivity contribution in [1.82, 2.24) is 19.7 Å². The standard InChI is InChI=1S/C28H30N6O3/c1-17-12-26(31-30-17)29-22-13-18(14-32(2)28(22)37)19-7-5-9-23(21(19)16-35)33-10-11-34-24-8-4-3-6-20(24)27(36)25(34)15-33/h5,7,9,12-15,35H,3-4,6,8,10-11,16H2,1-2H3,(H2,29,30,31). The van der Waals surface area contributed by atoms with Crippen LogP contribution in [0.3, 0.4) is 0 Å². The minimum atomic E-state index is -0.179. The third kappa shape index (κ3) is 3.95. The quantitative estimate of drug-likeness (QED) is 0.493. The predicted molar refractivity (Wildman–Crippen MR) is 142 cm³/mol. The van der Waals surface area contributed by atoms with Crippen LogP contribution in [0.2, 0.25) is 0 Å². The molecule has 3 aromatic rings. The first-order valence-corrected chi connectivity index (χ1v) is 12.7. The van der Waals surface area contributed by atoms with Crippen molar-refractivity contribution >= 4 is 23.0 Å². The van der Waals surface area contributed by atoms with Crippen LogP contribution in [-0.2, 0) is 18.4 Å². The van der Waals surface area contributed by atoms with Crippen LogP contribution in [0, 0.1) is 6.92 Å². The van der Waals surface area contributed by atoms with Gasteiger partial charge in [0.2, 0.25) is 5.78 Å². The molecule has 1 aliphatic carbocycles. The number of hydrogen-bond donors (Lipinski definition) is 3. The second-order valence-electron chi connectivity index (χ2n) is 9.90. The van der Waals surface area contributed by atoms with Crippen LogP contribution in [0.5, 0.6) is 0 Å². The van der Waals surface area contributed by atoms with Gasteiger partial charge in [0.15, 0.2) is 5.82 Å². The number of anilines is 3. The number of aliphatic hydroxyl groups excluding tert-OH is 1. The molecule has 0 radical (unpaired) electrons. The molecule has 2 aliphatic heterocycles. The number of allylic oxidation sites excluding steroid dienone is 2. The molecule has 9 nitrogen and oxygen atoms in total. The Labute approximate surface area is 214 Å². The number of aromatic nitrogens is 3. The van der Waals surface area contributed by atoms with E-state index in [2.05, 4.69) is 25.3 Å². The monoisotopic (exact) mass is 498 g/mol.